The summed E-state index contributed by atoms with van der Waals surface area (Å²) >= 11 is 1.56. The molecule has 1 N–H and O–H groups in total. The maximum atomic E-state index is 15.0. The molecule has 0 spiro atoms. The SMILES string of the molecule is CC(=O)NC1(CCc2ccc(-c3ccc(Sc4ccc(C)c(C)c4)cc3F)cc2)COC(C)(C)OC1. The lowest BCUT2D eigenvalue weighted by molar-refractivity contribution is -0.271. The molecule has 0 unspecified atom stereocenters. The van der Waals surface area contributed by atoms with Gasteiger partial charge < -0.3 is 14.8 Å². The van der Waals surface area contributed by atoms with E-state index in [4.69, 9.17) is 9.47 Å². The van der Waals surface area contributed by atoms with E-state index in [1.165, 1.54) is 18.1 Å². The van der Waals surface area contributed by atoms with Crippen LogP contribution in [0, 0.1) is 19.7 Å². The summed E-state index contributed by atoms with van der Waals surface area (Å²) in [7, 11) is 0. The van der Waals surface area contributed by atoms with Gasteiger partial charge in [-0.2, -0.15) is 0 Å². The molecular weight excluding hydrogens is 473 g/mol. The highest BCUT2D eigenvalue weighted by atomic mass is 32.2. The zero-order valence-electron chi connectivity index (χ0n) is 21.6. The van der Waals surface area contributed by atoms with E-state index in [-0.39, 0.29) is 11.7 Å². The summed E-state index contributed by atoms with van der Waals surface area (Å²) < 4.78 is 26.7. The monoisotopic (exact) mass is 507 g/mol. The second kappa shape index (κ2) is 10.8. The molecule has 1 aliphatic heterocycles. The molecule has 4 rings (SSSR count). The number of hydrogen-bond acceptors (Lipinski definition) is 4. The van der Waals surface area contributed by atoms with Crippen molar-refractivity contribution in [2.75, 3.05) is 13.2 Å². The van der Waals surface area contributed by atoms with Gasteiger partial charge in [0.15, 0.2) is 5.79 Å². The fourth-order valence-corrected chi connectivity index (χ4v) is 5.24. The summed E-state index contributed by atoms with van der Waals surface area (Å²) in [6.45, 7) is 10.2. The van der Waals surface area contributed by atoms with E-state index in [9.17, 15) is 4.79 Å². The van der Waals surface area contributed by atoms with E-state index in [0.717, 1.165) is 27.3 Å². The average molecular weight is 508 g/mol. The summed E-state index contributed by atoms with van der Waals surface area (Å²) in [5.41, 5.74) is 4.44. The molecule has 36 heavy (non-hydrogen) atoms. The third kappa shape index (κ3) is 6.55. The Balaban J connectivity index is 1.42. The van der Waals surface area contributed by atoms with Crippen molar-refractivity contribution in [1.29, 1.82) is 0 Å². The van der Waals surface area contributed by atoms with E-state index in [2.05, 4.69) is 37.4 Å². The Morgan fingerprint density at radius 3 is 2.19 bits per heavy atom. The van der Waals surface area contributed by atoms with Gasteiger partial charge in [-0.15, -0.1) is 0 Å². The van der Waals surface area contributed by atoms with Crippen molar-refractivity contribution in [3.05, 3.63) is 83.2 Å². The van der Waals surface area contributed by atoms with Crippen LogP contribution >= 0.6 is 11.8 Å². The third-order valence-electron chi connectivity index (χ3n) is 6.65. The Morgan fingerprint density at radius 2 is 1.58 bits per heavy atom. The summed E-state index contributed by atoms with van der Waals surface area (Å²) in [5, 5.41) is 3.04. The average Bonchev–Trinajstić information content (AvgIpc) is 2.82. The second-order valence-corrected chi connectivity index (χ2v) is 11.3. The number of carbonyl (C=O) groups excluding carboxylic acids is 1. The predicted octanol–water partition coefficient (Wildman–Crippen LogP) is 6.85. The topological polar surface area (TPSA) is 47.6 Å². The minimum Gasteiger partial charge on any atom is -0.348 e. The van der Waals surface area contributed by atoms with Gasteiger partial charge >= 0.3 is 0 Å². The van der Waals surface area contributed by atoms with Gasteiger partial charge in [0.25, 0.3) is 0 Å². The summed E-state index contributed by atoms with van der Waals surface area (Å²) in [4.78, 5) is 13.8. The first-order valence-corrected chi connectivity index (χ1v) is 13.1. The first kappa shape index (κ1) is 26.4. The Kier molecular flexibility index (Phi) is 7.88. The Hall–Kier alpha value is -2.67. The highest BCUT2D eigenvalue weighted by molar-refractivity contribution is 7.99. The van der Waals surface area contributed by atoms with Gasteiger partial charge in [0.05, 0.1) is 18.8 Å². The lowest BCUT2D eigenvalue weighted by Crippen LogP contribution is -2.60. The summed E-state index contributed by atoms with van der Waals surface area (Å²) in [5.74, 6) is -0.993. The third-order valence-corrected chi connectivity index (χ3v) is 7.62. The van der Waals surface area contributed by atoms with Crippen LogP contribution in [0.1, 0.15) is 43.9 Å². The minimum absolute atomic E-state index is 0.105. The summed E-state index contributed by atoms with van der Waals surface area (Å²) in [6, 6.07) is 19.6. The number of hydrogen-bond donors (Lipinski definition) is 1. The molecule has 0 radical (unpaired) electrons. The first-order chi connectivity index (χ1) is 17.0. The van der Waals surface area contributed by atoms with E-state index in [1.807, 2.05) is 50.2 Å². The number of carbonyl (C=O) groups is 1. The van der Waals surface area contributed by atoms with E-state index in [0.29, 0.717) is 25.2 Å². The maximum Gasteiger partial charge on any atom is 0.217 e. The van der Waals surface area contributed by atoms with Crippen molar-refractivity contribution < 1.29 is 18.7 Å². The Bertz CT molecular complexity index is 1230. The molecule has 0 bridgehead atoms. The van der Waals surface area contributed by atoms with Crippen LogP contribution in [-0.4, -0.2) is 30.4 Å². The first-order valence-electron chi connectivity index (χ1n) is 12.2. The fraction of sp³-hybridized carbons (Fsp3) is 0.367. The lowest BCUT2D eigenvalue weighted by atomic mass is 9.91. The van der Waals surface area contributed by atoms with Crippen molar-refractivity contribution in [2.45, 2.75) is 68.6 Å². The second-order valence-electron chi connectivity index (χ2n) is 10.1. The molecule has 6 heteroatoms. The maximum absolute atomic E-state index is 15.0. The smallest absolute Gasteiger partial charge is 0.217 e. The number of nitrogens with one attached hydrogen (secondary N) is 1. The van der Waals surface area contributed by atoms with Crippen molar-refractivity contribution in [2.24, 2.45) is 0 Å². The number of ether oxygens (including phenoxy) is 2. The number of amides is 1. The van der Waals surface area contributed by atoms with Crippen LogP contribution in [0.25, 0.3) is 11.1 Å². The van der Waals surface area contributed by atoms with Crippen LogP contribution in [0.5, 0.6) is 0 Å². The van der Waals surface area contributed by atoms with Crippen molar-refractivity contribution in [3.63, 3.8) is 0 Å². The molecule has 3 aromatic carbocycles. The molecule has 0 aliphatic carbocycles. The quantitative estimate of drug-likeness (QED) is 0.380. The zero-order chi connectivity index (χ0) is 25.9. The van der Waals surface area contributed by atoms with Crippen LogP contribution in [0.3, 0.4) is 0 Å². The molecule has 1 fully saturated rings. The Morgan fingerprint density at radius 1 is 0.944 bits per heavy atom. The molecule has 1 heterocycles. The van der Waals surface area contributed by atoms with Gasteiger partial charge in [0.1, 0.15) is 5.82 Å². The molecule has 1 saturated heterocycles. The van der Waals surface area contributed by atoms with Crippen LogP contribution in [0.2, 0.25) is 0 Å². The van der Waals surface area contributed by atoms with Crippen molar-refractivity contribution in [1.82, 2.24) is 5.32 Å². The standard InChI is InChI=1S/C30H34FNO3S/c1-20-6-11-25(16-21(20)2)36-26-12-13-27(28(31)17-26)24-9-7-23(8-10-24)14-15-30(32-22(3)33)18-34-29(4,5)35-19-30/h6-13,16-17H,14-15,18-19H2,1-5H3,(H,32,33). The highest BCUT2D eigenvalue weighted by Crippen LogP contribution is 2.33. The van der Waals surface area contributed by atoms with Gasteiger partial charge in [-0.25, -0.2) is 4.39 Å². The summed E-state index contributed by atoms with van der Waals surface area (Å²) in [6.07, 6.45) is 1.42. The van der Waals surface area contributed by atoms with Crippen LogP contribution in [-0.2, 0) is 20.7 Å². The normalized spacial score (nSPS) is 16.5. The van der Waals surface area contributed by atoms with E-state index >= 15 is 4.39 Å². The zero-order valence-corrected chi connectivity index (χ0v) is 22.4. The number of aryl methyl sites for hydroxylation is 3. The van der Waals surface area contributed by atoms with Crippen LogP contribution in [0.15, 0.2) is 70.5 Å². The molecule has 4 nitrogen and oxygen atoms in total. The lowest BCUT2D eigenvalue weighted by Gasteiger charge is -2.43. The predicted molar refractivity (Wildman–Crippen MR) is 143 cm³/mol. The number of rotatable bonds is 7. The molecule has 0 saturated carbocycles. The van der Waals surface area contributed by atoms with Crippen LogP contribution < -0.4 is 5.32 Å². The van der Waals surface area contributed by atoms with Crippen molar-refractivity contribution >= 4 is 17.7 Å². The van der Waals surface area contributed by atoms with Crippen molar-refractivity contribution in [3.8, 4) is 11.1 Å². The number of halogens is 1. The molecule has 1 aliphatic rings. The molecule has 3 aromatic rings. The van der Waals surface area contributed by atoms with E-state index < -0.39 is 11.3 Å². The minimum atomic E-state index is -0.652. The van der Waals surface area contributed by atoms with Gasteiger partial charge in [-0.05, 0) is 87.1 Å². The fourth-order valence-electron chi connectivity index (χ4n) is 4.30. The molecule has 0 atom stereocenters. The number of benzene rings is 3. The van der Waals surface area contributed by atoms with E-state index in [1.54, 1.807) is 17.8 Å². The van der Waals surface area contributed by atoms with Gasteiger partial charge in [-0.1, -0.05) is 48.2 Å². The van der Waals surface area contributed by atoms with Gasteiger partial charge in [0, 0.05) is 22.3 Å². The van der Waals surface area contributed by atoms with Crippen LogP contribution in [0.4, 0.5) is 4.39 Å². The highest BCUT2D eigenvalue weighted by Gasteiger charge is 2.40. The molecular formula is C30H34FNO3S. The molecule has 190 valence electrons. The Labute approximate surface area is 217 Å². The molecule has 0 aromatic heterocycles. The largest absolute Gasteiger partial charge is 0.348 e. The van der Waals surface area contributed by atoms with Gasteiger partial charge in [-0.3, -0.25) is 4.79 Å². The molecule has 1 amide bonds. The van der Waals surface area contributed by atoms with Gasteiger partial charge in [0.2, 0.25) is 5.91 Å².